The zero-order valence-corrected chi connectivity index (χ0v) is 13.6. The quantitative estimate of drug-likeness (QED) is 0.853. The van der Waals surface area contributed by atoms with Crippen molar-refractivity contribution in [2.24, 2.45) is 4.99 Å². The van der Waals surface area contributed by atoms with Crippen molar-refractivity contribution in [2.75, 3.05) is 18.5 Å². The van der Waals surface area contributed by atoms with Gasteiger partial charge in [-0.25, -0.2) is 0 Å². The van der Waals surface area contributed by atoms with E-state index in [1.165, 1.54) is 6.40 Å². The van der Waals surface area contributed by atoms with Gasteiger partial charge in [-0.1, -0.05) is 36.4 Å². The molecule has 2 aromatic rings. The minimum absolute atomic E-state index is 0. The van der Waals surface area contributed by atoms with Crippen LogP contribution in [-0.2, 0) is 21.5 Å². The molecular weight excluding hydrogens is 314 g/mol. The molecule has 1 aliphatic rings. The number of anilines is 2. The largest absolute Gasteiger partial charge is 0.482 e. The maximum Gasteiger partial charge on any atom is 0.169 e. The topological polar surface area (TPSA) is 33.6 Å². The Kier molecular flexibility index (Phi) is 10.7. The summed E-state index contributed by atoms with van der Waals surface area (Å²) in [6.07, 6.45) is 1.49. The second kappa shape index (κ2) is 11.5. The molecule has 3 nitrogen and oxygen atoms in total. The number of hydrogen-bond donors (Lipinski definition) is 1. The predicted octanol–water partition coefficient (Wildman–Crippen LogP) is 3.53. The average Bonchev–Trinajstić information content (AvgIpc) is 3.00. The molecule has 109 valence electrons. The van der Waals surface area contributed by atoms with Gasteiger partial charge in [-0.3, -0.25) is 4.99 Å². The number of aliphatic imine (C=N–C) groups is 1. The van der Waals surface area contributed by atoms with Crippen molar-refractivity contribution < 1.29 is 21.5 Å². The van der Waals surface area contributed by atoms with Crippen LogP contribution < -0.4 is 5.32 Å². The van der Waals surface area contributed by atoms with E-state index in [1.54, 1.807) is 0 Å². The molecule has 1 heterocycles. The van der Waals surface area contributed by atoms with Gasteiger partial charge in [-0.15, -0.1) is 0 Å². The van der Waals surface area contributed by atoms with Crippen molar-refractivity contribution in [1.29, 1.82) is 0 Å². The van der Waals surface area contributed by atoms with Crippen LogP contribution in [0.3, 0.4) is 0 Å². The first-order chi connectivity index (χ1) is 8.95. The molecule has 1 aliphatic heterocycles. The molecule has 0 aromatic heterocycles. The number of nitrogens with one attached hydrogen (secondary N) is 1. The zero-order chi connectivity index (χ0) is 12.5. The molecule has 0 spiro atoms. The fraction of sp³-hybridized carbons (Fsp3) is 0.133. The van der Waals surface area contributed by atoms with Crippen LogP contribution >= 0.6 is 9.90 Å². The molecule has 0 saturated heterocycles. The van der Waals surface area contributed by atoms with Gasteiger partial charge in [-0.2, -0.15) is 9.90 Å². The summed E-state index contributed by atoms with van der Waals surface area (Å²) < 4.78 is 4.65. The second-order valence-electron chi connectivity index (χ2n) is 3.74. The fourth-order valence-electron chi connectivity index (χ4n) is 1.47. The van der Waals surface area contributed by atoms with E-state index < -0.39 is 0 Å². The third-order valence-corrected chi connectivity index (χ3v) is 2.32. The number of rotatable bonds is 2. The molecule has 1 N–H and O–H groups in total. The van der Waals surface area contributed by atoms with Crippen LogP contribution in [0, 0.1) is 0 Å². The molecule has 1 unspecified atom stereocenters. The molecule has 0 aliphatic carbocycles. The number of benzene rings is 2. The van der Waals surface area contributed by atoms with Crippen LogP contribution in [0.25, 0.3) is 0 Å². The summed E-state index contributed by atoms with van der Waals surface area (Å²) in [7, 11) is 0. The standard InChI is InChI=1S/C12H11N.C3H5NO.Co.H3P/c1-3-7-11(8-4-1)13-12-9-5-2-6-10-12;1-2-5-3-4-1;;/h1-10,13H;3H,1-2H2;;1H3. The SMILES string of the molecule is C1=NCCO1.P.[Co].c1ccc(Nc2ccccc2)cc1. The van der Waals surface area contributed by atoms with Gasteiger partial charge in [0.25, 0.3) is 0 Å². The Hall–Kier alpha value is -1.35. The van der Waals surface area contributed by atoms with Gasteiger partial charge in [0.05, 0.1) is 6.54 Å². The molecule has 0 fully saturated rings. The zero-order valence-electron chi connectivity index (χ0n) is 11.2. The molecule has 3 rings (SSSR count). The third kappa shape index (κ3) is 7.29. The van der Waals surface area contributed by atoms with Gasteiger partial charge < -0.3 is 10.1 Å². The molecule has 2 aromatic carbocycles. The molecule has 5 heteroatoms. The molecule has 0 bridgehead atoms. The van der Waals surface area contributed by atoms with Gasteiger partial charge >= 0.3 is 0 Å². The molecule has 1 radical (unpaired) electrons. The van der Waals surface area contributed by atoms with E-state index in [0.29, 0.717) is 0 Å². The van der Waals surface area contributed by atoms with Crippen molar-refractivity contribution >= 4 is 27.7 Å². The average molecular weight is 333 g/mol. The van der Waals surface area contributed by atoms with E-state index >= 15 is 0 Å². The van der Waals surface area contributed by atoms with Crippen molar-refractivity contribution in [1.82, 2.24) is 0 Å². The van der Waals surface area contributed by atoms with Crippen LogP contribution in [0.1, 0.15) is 0 Å². The summed E-state index contributed by atoms with van der Waals surface area (Å²) in [6.45, 7) is 1.62. The molecule has 20 heavy (non-hydrogen) atoms. The van der Waals surface area contributed by atoms with Crippen LogP contribution in [0.15, 0.2) is 65.7 Å². The normalized spacial score (nSPS) is 11.0. The van der Waals surface area contributed by atoms with Crippen LogP contribution in [-0.4, -0.2) is 19.6 Å². The van der Waals surface area contributed by atoms with Gasteiger partial charge in [0.1, 0.15) is 6.61 Å². The summed E-state index contributed by atoms with van der Waals surface area (Å²) in [5.41, 5.74) is 2.24. The van der Waals surface area contributed by atoms with Crippen LogP contribution in [0.4, 0.5) is 11.4 Å². The minimum atomic E-state index is 0. The summed E-state index contributed by atoms with van der Waals surface area (Å²) >= 11 is 0. The van der Waals surface area contributed by atoms with E-state index in [0.717, 1.165) is 24.5 Å². The number of para-hydroxylation sites is 2. The fourth-order valence-corrected chi connectivity index (χ4v) is 1.47. The molecular formula is C15H19CoN2OP. The van der Waals surface area contributed by atoms with Crippen molar-refractivity contribution in [3.63, 3.8) is 0 Å². The molecule has 1 atom stereocenters. The Morgan fingerprint density at radius 2 is 1.35 bits per heavy atom. The summed E-state index contributed by atoms with van der Waals surface area (Å²) in [5.74, 6) is 0. The number of nitrogens with zero attached hydrogens (tertiary/aromatic N) is 1. The van der Waals surface area contributed by atoms with Gasteiger partial charge in [0.2, 0.25) is 0 Å². The third-order valence-electron chi connectivity index (χ3n) is 2.32. The van der Waals surface area contributed by atoms with E-state index in [4.69, 9.17) is 0 Å². The number of ether oxygens (including phenoxy) is 1. The predicted molar refractivity (Wildman–Crippen MR) is 86.6 cm³/mol. The van der Waals surface area contributed by atoms with Crippen molar-refractivity contribution in [3.05, 3.63) is 60.7 Å². The maximum atomic E-state index is 4.65. The monoisotopic (exact) mass is 333 g/mol. The van der Waals surface area contributed by atoms with E-state index in [1.807, 2.05) is 60.7 Å². The maximum absolute atomic E-state index is 4.65. The second-order valence-corrected chi connectivity index (χ2v) is 3.74. The summed E-state index contributed by atoms with van der Waals surface area (Å²) in [6, 6.07) is 20.3. The Balaban J connectivity index is 0.000000443. The van der Waals surface area contributed by atoms with E-state index in [9.17, 15) is 0 Å². The Labute approximate surface area is 133 Å². The minimum Gasteiger partial charge on any atom is -0.482 e. The Bertz CT molecular complexity index is 436. The first-order valence-corrected chi connectivity index (χ1v) is 5.92. The van der Waals surface area contributed by atoms with Gasteiger partial charge in [0.15, 0.2) is 6.40 Å². The first-order valence-electron chi connectivity index (χ1n) is 5.92. The summed E-state index contributed by atoms with van der Waals surface area (Å²) in [5, 5.41) is 3.30. The van der Waals surface area contributed by atoms with Crippen molar-refractivity contribution in [2.45, 2.75) is 0 Å². The van der Waals surface area contributed by atoms with E-state index in [-0.39, 0.29) is 26.7 Å². The smallest absolute Gasteiger partial charge is 0.169 e. The van der Waals surface area contributed by atoms with Crippen LogP contribution in [0.5, 0.6) is 0 Å². The Morgan fingerprint density at radius 3 is 1.65 bits per heavy atom. The van der Waals surface area contributed by atoms with Crippen molar-refractivity contribution in [3.8, 4) is 0 Å². The molecule has 0 saturated carbocycles. The van der Waals surface area contributed by atoms with Gasteiger partial charge in [0, 0.05) is 28.2 Å². The first kappa shape index (κ1) is 18.6. The van der Waals surface area contributed by atoms with E-state index in [2.05, 4.69) is 15.0 Å². The van der Waals surface area contributed by atoms with Gasteiger partial charge in [-0.05, 0) is 24.3 Å². The van der Waals surface area contributed by atoms with Crippen LogP contribution in [0.2, 0.25) is 0 Å². The number of hydrogen-bond acceptors (Lipinski definition) is 3. The molecule has 0 amide bonds. The Morgan fingerprint density at radius 1 is 0.850 bits per heavy atom. The summed E-state index contributed by atoms with van der Waals surface area (Å²) in [4.78, 5) is 3.74.